The molecule has 1 aromatic carbocycles. The molecule has 1 atom stereocenters. The van der Waals surface area contributed by atoms with Gasteiger partial charge in [-0.3, -0.25) is 0 Å². The maximum absolute atomic E-state index is 12.6. The Morgan fingerprint density at radius 2 is 2.00 bits per heavy atom. The Labute approximate surface area is 135 Å². The van der Waals surface area contributed by atoms with Crippen molar-refractivity contribution >= 4 is 26.0 Å². The van der Waals surface area contributed by atoms with Gasteiger partial charge in [-0.1, -0.05) is 28.8 Å². The zero-order valence-electron chi connectivity index (χ0n) is 12.4. The van der Waals surface area contributed by atoms with Gasteiger partial charge in [0.15, 0.2) is 0 Å². The summed E-state index contributed by atoms with van der Waals surface area (Å²) in [5.41, 5.74) is 1.25. The van der Waals surface area contributed by atoms with E-state index in [4.69, 9.17) is 0 Å². The molecular formula is C15H22BrNO3S. The predicted octanol–water partition coefficient (Wildman–Crippen LogP) is 3.11. The fraction of sp³-hybridized carbons (Fsp3) is 0.600. The number of hydrogen-bond donors (Lipinski definition) is 2. The Balaban J connectivity index is 2.28. The average Bonchev–Trinajstić information content (AvgIpc) is 2.95. The summed E-state index contributed by atoms with van der Waals surface area (Å²) in [5.74, 6) is 0.421. The van der Waals surface area contributed by atoms with Gasteiger partial charge in [0.2, 0.25) is 10.0 Å². The third kappa shape index (κ3) is 3.86. The van der Waals surface area contributed by atoms with Gasteiger partial charge in [0.05, 0.1) is 11.5 Å². The van der Waals surface area contributed by atoms with Crippen LogP contribution in [0, 0.1) is 12.8 Å². The van der Waals surface area contributed by atoms with Crippen molar-refractivity contribution in [3.05, 3.63) is 27.7 Å². The first kappa shape index (κ1) is 16.9. The van der Waals surface area contributed by atoms with E-state index in [0.29, 0.717) is 21.5 Å². The van der Waals surface area contributed by atoms with Crippen molar-refractivity contribution in [3.8, 4) is 0 Å². The maximum atomic E-state index is 12.6. The Morgan fingerprint density at radius 3 is 2.57 bits per heavy atom. The lowest BCUT2D eigenvalue weighted by molar-refractivity contribution is 0.281. The van der Waals surface area contributed by atoms with Crippen LogP contribution >= 0.6 is 15.9 Å². The highest BCUT2D eigenvalue weighted by atomic mass is 79.9. The number of benzene rings is 1. The van der Waals surface area contributed by atoms with Crippen LogP contribution in [0.2, 0.25) is 0 Å². The van der Waals surface area contributed by atoms with Gasteiger partial charge in [-0.2, -0.15) is 0 Å². The SMILES string of the molecule is Cc1c(Br)cc(CO)cc1S(=O)(=O)NC(C)C1CCCC1. The number of halogens is 1. The second kappa shape index (κ2) is 6.77. The summed E-state index contributed by atoms with van der Waals surface area (Å²) >= 11 is 3.36. The summed E-state index contributed by atoms with van der Waals surface area (Å²) in [4.78, 5) is 0.241. The summed E-state index contributed by atoms with van der Waals surface area (Å²) in [6.45, 7) is 3.52. The van der Waals surface area contributed by atoms with Gasteiger partial charge in [0.25, 0.3) is 0 Å². The second-order valence-corrected chi connectivity index (χ2v) is 8.35. The van der Waals surface area contributed by atoms with E-state index in [-0.39, 0.29) is 17.5 Å². The van der Waals surface area contributed by atoms with Gasteiger partial charge in [-0.25, -0.2) is 13.1 Å². The van der Waals surface area contributed by atoms with Crippen LogP contribution in [0.4, 0.5) is 0 Å². The molecule has 1 aliphatic rings. The summed E-state index contributed by atoms with van der Waals surface area (Å²) in [5, 5.41) is 9.26. The van der Waals surface area contributed by atoms with Crippen LogP contribution in [0.5, 0.6) is 0 Å². The Hall–Kier alpha value is -0.430. The standard InChI is InChI=1S/C15H22BrNO3S/c1-10-14(16)7-12(9-18)8-15(10)21(19,20)17-11(2)13-5-3-4-6-13/h7-8,11,13,17-18H,3-6,9H2,1-2H3. The molecule has 6 heteroatoms. The van der Waals surface area contributed by atoms with E-state index in [1.807, 2.05) is 6.92 Å². The molecular weight excluding hydrogens is 354 g/mol. The second-order valence-electron chi connectivity index (χ2n) is 5.81. The third-order valence-electron chi connectivity index (χ3n) is 4.28. The molecule has 1 saturated carbocycles. The van der Waals surface area contributed by atoms with Crippen molar-refractivity contribution in [2.24, 2.45) is 5.92 Å². The molecule has 1 unspecified atom stereocenters. The average molecular weight is 376 g/mol. The highest BCUT2D eigenvalue weighted by Crippen LogP contribution is 2.30. The molecule has 2 rings (SSSR count). The van der Waals surface area contributed by atoms with Crippen LogP contribution in [0.1, 0.15) is 43.7 Å². The fourth-order valence-corrected chi connectivity index (χ4v) is 5.21. The molecule has 0 amide bonds. The van der Waals surface area contributed by atoms with E-state index in [2.05, 4.69) is 20.7 Å². The first-order valence-corrected chi connectivity index (χ1v) is 9.55. The van der Waals surface area contributed by atoms with E-state index in [1.165, 1.54) is 12.8 Å². The molecule has 2 N–H and O–H groups in total. The lowest BCUT2D eigenvalue weighted by atomic mass is 10.0. The predicted molar refractivity (Wildman–Crippen MR) is 86.5 cm³/mol. The summed E-state index contributed by atoms with van der Waals surface area (Å²) in [7, 11) is -3.57. The van der Waals surface area contributed by atoms with E-state index in [0.717, 1.165) is 12.8 Å². The minimum atomic E-state index is -3.57. The van der Waals surface area contributed by atoms with Crippen molar-refractivity contribution < 1.29 is 13.5 Å². The summed E-state index contributed by atoms with van der Waals surface area (Å²) in [6, 6.07) is 3.23. The van der Waals surface area contributed by atoms with Crippen LogP contribution in [-0.2, 0) is 16.6 Å². The van der Waals surface area contributed by atoms with Crippen molar-refractivity contribution in [1.29, 1.82) is 0 Å². The lowest BCUT2D eigenvalue weighted by Gasteiger charge is -2.21. The molecule has 0 radical (unpaired) electrons. The summed E-state index contributed by atoms with van der Waals surface area (Å²) in [6.07, 6.45) is 4.54. The minimum Gasteiger partial charge on any atom is -0.392 e. The molecule has 1 fully saturated rings. The van der Waals surface area contributed by atoms with Crippen LogP contribution in [-0.4, -0.2) is 19.6 Å². The third-order valence-corrected chi connectivity index (χ3v) is 6.79. The molecule has 0 spiro atoms. The molecule has 21 heavy (non-hydrogen) atoms. The van der Waals surface area contributed by atoms with Crippen LogP contribution in [0.25, 0.3) is 0 Å². The zero-order chi connectivity index (χ0) is 15.6. The van der Waals surface area contributed by atoms with Crippen molar-refractivity contribution in [2.45, 2.75) is 57.1 Å². The monoisotopic (exact) mass is 375 g/mol. The van der Waals surface area contributed by atoms with Crippen molar-refractivity contribution in [3.63, 3.8) is 0 Å². The van der Waals surface area contributed by atoms with Gasteiger partial charge < -0.3 is 5.11 Å². The molecule has 4 nitrogen and oxygen atoms in total. The number of aliphatic hydroxyl groups excluding tert-OH is 1. The highest BCUT2D eigenvalue weighted by Gasteiger charge is 2.27. The van der Waals surface area contributed by atoms with E-state index in [1.54, 1.807) is 19.1 Å². The molecule has 0 aromatic heterocycles. The van der Waals surface area contributed by atoms with Gasteiger partial charge in [-0.05, 0) is 55.9 Å². The van der Waals surface area contributed by atoms with E-state index < -0.39 is 10.0 Å². The zero-order valence-corrected chi connectivity index (χ0v) is 14.8. The van der Waals surface area contributed by atoms with Crippen LogP contribution in [0.3, 0.4) is 0 Å². The quantitative estimate of drug-likeness (QED) is 0.830. The van der Waals surface area contributed by atoms with E-state index >= 15 is 0 Å². The van der Waals surface area contributed by atoms with Gasteiger partial charge >= 0.3 is 0 Å². The van der Waals surface area contributed by atoms with Gasteiger partial charge in [0, 0.05) is 10.5 Å². The summed E-state index contributed by atoms with van der Waals surface area (Å²) < 4.78 is 28.8. The fourth-order valence-electron chi connectivity index (χ4n) is 2.94. The van der Waals surface area contributed by atoms with Gasteiger partial charge in [0.1, 0.15) is 0 Å². The normalized spacial score (nSPS) is 18.1. The van der Waals surface area contributed by atoms with Crippen molar-refractivity contribution in [2.75, 3.05) is 0 Å². The molecule has 0 saturated heterocycles. The first-order chi connectivity index (χ1) is 9.85. The Morgan fingerprint density at radius 1 is 1.38 bits per heavy atom. The number of nitrogens with one attached hydrogen (secondary N) is 1. The highest BCUT2D eigenvalue weighted by molar-refractivity contribution is 9.10. The molecule has 1 aliphatic carbocycles. The maximum Gasteiger partial charge on any atom is 0.241 e. The number of sulfonamides is 1. The number of hydrogen-bond acceptors (Lipinski definition) is 3. The first-order valence-electron chi connectivity index (χ1n) is 7.27. The van der Waals surface area contributed by atoms with Crippen LogP contribution in [0.15, 0.2) is 21.5 Å². The van der Waals surface area contributed by atoms with Crippen LogP contribution < -0.4 is 4.72 Å². The topological polar surface area (TPSA) is 66.4 Å². The molecule has 0 heterocycles. The molecule has 118 valence electrons. The van der Waals surface area contributed by atoms with Gasteiger partial charge in [-0.15, -0.1) is 0 Å². The lowest BCUT2D eigenvalue weighted by Crippen LogP contribution is -2.37. The van der Waals surface area contributed by atoms with Crippen molar-refractivity contribution in [1.82, 2.24) is 4.72 Å². The largest absolute Gasteiger partial charge is 0.392 e. The molecule has 1 aromatic rings. The number of rotatable bonds is 5. The Bertz CT molecular complexity index is 610. The molecule has 0 aliphatic heterocycles. The Kier molecular flexibility index (Phi) is 5.46. The number of aliphatic hydroxyl groups is 1. The van der Waals surface area contributed by atoms with E-state index in [9.17, 15) is 13.5 Å². The minimum absolute atomic E-state index is 0.0616. The molecule has 0 bridgehead atoms. The smallest absolute Gasteiger partial charge is 0.241 e.